The van der Waals surface area contributed by atoms with E-state index in [4.69, 9.17) is 21.1 Å². The topological polar surface area (TPSA) is 114 Å². The van der Waals surface area contributed by atoms with Crippen molar-refractivity contribution in [2.75, 3.05) is 7.11 Å². The van der Waals surface area contributed by atoms with E-state index in [0.29, 0.717) is 61.5 Å². The van der Waals surface area contributed by atoms with Gasteiger partial charge in [0.2, 0.25) is 5.91 Å². The highest BCUT2D eigenvalue weighted by atomic mass is 35.5. The van der Waals surface area contributed by atoms with E-state index in [0.717, 1.165) is 19.3 Å². The van der Waals surface area contributed by atoms with Crippen molar-refractivity contribution in [1.82, 2.24) is 10.6 Å². The Labute approximate surface area is 232 Å². The summed E-state index contributed by atoms with van der Waals surface area (Å²) < 4.78 is 25.6. The number of carbonyl (C=O) groups is 3. The van der Waals surface area contributed by atoms with Gasteiger partial charge in [0.05, 0.1) is 35.1 Å². The second-order valence-corrected chi connectivity index (χ2v) is 13.4. The zero-order chi connectivity index (χ0) is 27.7. The zero-order valence-corrected chi connectivity index (χ0v) is 23.1. The van der Waals surface area contributed by atoms with Crippen LogP contribution in [0.15, 0.2) is 12.1 Å². The Bertz CT molecular complexity index is 1190. The van der Waals surface area contributed by atoms with Gasteiger partial charge in [0, 0.05) is 36.9 Å². The molecule has 212 valence electrons. The fourth-order valence-electron chi connectivity index (χ4n) is 7.96. The summed E-state index contributed by atoms with van der Waals surface area (Å²) in [6.07, 6.45) is 5.91. The van der Waals surface area contributed by atoms with Crippen molar-refractivity contribution in [3.63, 3.8) is 0 Å². The lowest BCUT2D eigenvalue weighted by molar-refractivity contribution is -0.177. The third-order valence-electron chi connectivity index (χ3n) is 10.2. The van der Waals surface area contributed by atoms with Gasteiger partial charge in [0.15, 0.2) is 0 Å². The first-order valence-electron chi connectivity index (χ1n) is 14.0. The number of carboxylic acid groups (broad SMARTS) is 1. The van der Waals surface area contributed by atoms with Crippen molar-refractivity contribution in [3.05, 3.63) is 22.7 Å². The van der Waals surface area contributed by atoms with Crippen LogP contribution in [-0.2, 0) is 9.59 Å². The number of nitrogens with one attached hydrogen (secondary N) is 2. The molecule has 10 heteroatoms. The standard InChI is InChI=1S/C29H36ClFN2O6/c1-27(26(36)37)7-5-17(6-8-27)39-21-10-18(20(38-2)11-19(21)30)24(34)32-23-16-4-3-15(9-16)22(23)25(35)33-29-12-28(31,13-29)14-29/h10-11,15-17,22-23H,3-9,12-14H2,1-2H3,(H,32,34)(H,33,35)(H,36,37)/t15-,16+,17-,22+,23-,27+,28?,29?/m1/s1. The van der Waals surface area contributed by atoms with Crippen LogP contribution in [0.2, 0.25) is 5.02 Å². The molecule has 0 heterocycles. The van der Waals surface area contributed by atoms with E-state index in [1.165, 1.54) is 7.11 Å². The lowest BCUT2D eigenvalue weighted by Gasteiger charge is -2.66. The van der Waals surface area contributed by atoms with Crippen molar-refractivity contribution >= 4 is 29.4 Å². The van der Waals surface area contributed by atoms with Gasteiger partial charge >= 0.3 is 5.97 Å². The molecule has 6 fully saturated rings. The molecule has 1 aromatic rings. The summed E-state index contributed by atoms with van der Waals surface area (Å²) in [6.45, 7) is 1.75. The average molecular weight is 563 g/mol. The van der Waals surface area contributed by atoms with Crippen LogP contribution in [0, 0.1) is 23.2 Å². The van der Waals surface area contributed by atoms with Crippen LogP contribution in [0.1, 0.15) is 81.5 Å². The molecule has 0 saturated heterocycles. The molecule has 39 heavy (non-hydrogen) atoms. The number of carbonyl (C=O) groups excluding carboxylic acids is 2. The molecule has 6 aliphatic carbocycles. The molecule has 8 nitrogen and oxygen atoms in total. The quantitative estimate of drug-likeness (QED) is 0.424. The monoisotopic (exact) mass is 562 g/mol. The molecule has 6 saturated carbocycles. The highest BCUT2D eigenvalue weighted by molar-refractivity contribution is 6.32. The predicted molar refractivity (Wildman–Crippen MR) is 141 cm³/mol. The number of alkyl halides is 1. The van der Waals surface area contributed by atoms with E-state index >= 15 is 0 Å². The fraction of sp³-hybridized carbons (Fsp3) is 0.690. The smallest absolute Gasteiger partial charge is 0.309 e. The minimum Gasteiger partial charge on any atom is -0.496 e. The maximum absolute atomic E-state index is 14.0. The number of benzene rings is 1. The van der Waals surface area contributed by atoms with E-state index in [1.54, 1.807) is 19.1 Å². The van der Waals surface area contributed by atoms with Gasteiger partial charge in [-0.05, 0) is 69.8 Å². The molecule has 7 rings (SSSR count). The van der Waals surface area contributed by atoms with Crippen LogP contribution in [0.4, 0.5) is 4.39 Å². The summed E-state index contributed by atoms with van der Waals surface area (Å²) in [5.74, 6) is -0.500. The van der Waals surface area contributed by atoms with Crippen LogP contribution >= 0.6 is 11.6 Å². The summed E-state index contributed by atoms with van der Waals surface area (Å²) in [5.41, 5.74) is -1.98. The Balaban J connectivity index is 1.16. The number of fused-ring (bicyclic) bond motifs is 2. The van der Waals surface area contributed by atoms with E-state index in [1.807, 2.05) is 0 Å². The maximum Gasteiger partial charge on any atom is 0.309 e. The number of rotatable bonds is 8. The van der Waals surface area contributed by atoms with Crippen LogP contribution < -0.4 is 20.1 Å². The van der Waals surface area contributed by atoms with Gasteiger partial charge in [-0.25, -0.2) is 4.39 Å². The van der Waals surface area contributed by atoms with E-state index < -0.39 is 22.6 Å². The third kappa shape index (κ3) is 4.54. The number of hydrogen-bond acceptors (Lipinski definition) is 5. The largest absolute Gasteiger partial charge is 0.496 e. The van der Waals surface area contributed by atoms with E-state index in [-0.39, 0.29) is 47.3 Å². The number of ether oxygens (including phenoxy) is 2. The number of halogens is 2. The van der Waals surface area contributed by atoms with Crippen molar-refractivity contribution < 1.29 is 33.4 Å². The first kappa shape index (κ1) is 26.7. The molecule has 0 radical (unpaired) electrons. The minimum absolute atomic E-state index is 0.0768. The molecule has 4 bridgehead atoms. The minimum atomic E-state index is -1.09. The molecule has 0 aromatic heterocycles. The molecule has 6 aliphatic rings. The Morgan fingerprint density at radius 3 is 2.33 bits per heavy atom. The second-order valence-electron chi connectivity index (χ2n) is 13.0. The van der Waals surface area contributed by atoms with Crippen molar-refractivity contribution in [1.29, 1.82) is 0 Å². The molecule has 2 amide bonds. The van der Waals surface area contributed by atoms with Crippen LogP contribution in [-0.4, -0.2) is 53.4 Å². The summed E-state index contributed by atoms with van der Waals surface area (Å²) in [7, 11) is 1.46. The number of carboxylic acids is 1. The van der Waals surface area contributed by atoms with Crippen molar-refractivity contribution in [2.24, 2.45) is 23.2 Å². The number of methoxy groups -OCH3 is 1. The zero-order valence-electron chi connectivity index (χ0n) is 22.4. The van der Waals surface area contributed by atoms with Gasteiger partial charge in [0.1, 0.15) is 17.2 Å². The molecule has 1 aromatic carbocycles. The Morgan fingerprint density at radius 2 is 1.72 bits per heavy atom. The van der Waals surface area contributed by atoms with Crippen LogP contribution in [0.3, 0.4) is 0 Å². The Kier molecular flexibility index (Phi) is 6.32. The van der Waals surface area contributed by atoms with Gasteiger partial charge < -0.3 is 25.2 Å². The summed E-state index contributed by atoms with van der Waals surface area (Å²) in [4.78, 5) is 38.5. The van der Waals surface area contributed by atoms with E-state index in [2.05, 4.69) is 10.6 Å². The molecule has 0 spiro atoms. The van der Waals surface area contributed by atoms with Crippen molar-refractivity contribution in [3.8, 4) is 11.5 Å². The first-order chi connectivity index (χ1) is 18.4. The number of amides is 2. The molecule has 0 aliphatic heterocycles. The lowest BCUT2D eigenvalue weighted by atomic mass is 9.47. The summed E-state index contributed by atoms with van der Waals surface area (Å²) >= 11 is 6.48. The Morgan fingerprint density at radius 1 is 1.05 bits per heavy atom. The molecule has 3 N–H and O–H groups in total. The average Bonchev–Trinajstić information content (AvgIpc) is 3.46. The molecule has 4 atom stereocenters. The summed E-state index contributed by atoms with van der Waals surface area (Å²) in [6, 6.07) is 2.82. The fourth-order valence-corrected chi connectivity index (χ4v) is 8.16. The number of aliphatic carboxylic acids is 1. The van der Waals surface area contributed by atoms with E-state index in [9.17, 15) is 23.9 Å². The van der Waals surface area contributed by atoms with Crippen LogP contribution in [0.5, 0.6) is 11.5 Å². The molecule has 0 unspecified atom stereocenters. The lowest BCUT2D eigenvalue weighted by Crippen LogP contribution is -2.77. The van der Waals surface area contributed by atoms with Gasteiger partial charge in [-0.3, -0.25) is 14.4 Å². The SMILES string of the molecule is COc1cc(Cl)c(O[C@H]2CC[C@@](C)(C(=O)O)CC2)cc1C(=O)N[C@@H]1[C@H]2CC[C@H](C2)[C@@H]1C(=O)NC12CC(F)(C1)C2. The highest BCUT2D eigenvalue weighted by Gasteiger charge is 2.70. The van der Waals surface area contributed by atoms with Gasteiger partial charge in [-0.15, -0.1) is 0 Å². The molecular formula is C29H36ClFN2O6. The van der Waals surface area contributed by atoms with Gasteiger partial charge in [-0.1, -0.05) is 11.6 Å². The second kappa shape index (κ2) is 9.25. The number of hydrogen-bond donors (Lipinski definition) is 3. The highest BCUT2D eigenvalue weighted by Crippen LogP contribution is 2.63. The third-order valence-corrected chi connectivity index (χ3v) is 10.5. The Hall–Kier alpha value is -2.55. The van der Waals surface area contributed by atoms with Crippen LogP contribution in [0.25, 0.3) is 0 Å². The molecular weight excluding hydrogens is 527 g/mol. The summed E-state index contributed by atoms with van der Waals surface area (Å²) in [5, 5.41) is 16.1. The van der Waals surface area contributed by atoms with Gasteiger partial charge in [-0.2, -0.15) is 0 Å². The van der Waals surface area contributed by atoms with Gasteiger partial charge in [0.25, 0.3) is 5.91 Å². The maximum atomic E-state index is 14.0. The van der Waals surface area contributed by atoms with Crippen molar-refractivity contribution in [2.45, 2.75) is 94.5 Å². The first-order valence-corrected chi connectivity index (χ1v) is 14.4. The normalized spacial score (nSPS) is 39.7. The predicted octanol–water partition coefficient (Wildman–Crippen LogP) is 4.67.